The quantitative estimate of drug-likeness (QED) is 0.369. The zero-order chi connectivity index (χ0) is 25.4. The van der Waals surface area contributed by atoms with Gasteiger partial charge in [-0.15, -0.1) is 0 Å². The van der Waals surface area contributed by atoms with Crippen molar-refractivity contribution in [3.05, 3.63) is 104 Å². The van der Waals surface area contributed by atoms with Crippen LogP contribution in [-0.4, -0.2) is 40.0 Å². The van der Waals surface area contributed by atoms with E-state index >= 15 is 0 Å². The number of carbonyl (C=O) groups is 1. The summed E-state index contributed by atoms with van der Waals surface area (Å²) in [6, 6.07) is 16.1. The number of carbonyl (C=O) groups excluding carboxylic acids is 1. The molecule has 0 fully saturated rings. The summed E-state index contributed by atoms with van der Waals surface area (Å²) in [6.45, 7) is -0.0469. The van der Waals surface area contributed by atoms with E-state index in [2.05, 4.69) is 25.5 Å². The molecule has 0 saturated heterocycles. The summed E-state index contributed by atoms with van der Waals surface area (Å²) in [6.07, 6.45) is 7.96. The fraction of sp³-hybridized carbons (Fsp3) is 0.0385. The maximum Gasteiger partial charge on any atom is 0.246 e. The Bertz CT molecular complexity index is 1730. The van der Waals surface area contributed by atoms with E-state index in [1.54, 1.807) is 35.4 Å². The van der Waals surface area contributed by atoms with Crippen molar-refractivity contribution in [2.45, 2.75) is 6.54 Å². The SMILES string of the molecule is O=C(Cn1cncn1)Nc1cc(-c2ccc(F)cc2F)cc(-n2cnc3cc(-n4cccn4)ccc32)c1. The number of amides is 1. The van der Waals surface area contributed by atoms with Gasteiger partial charge in [-0.05, 0) is 60.2 Å². The third-order valence-electron chi connectivity index (χ3n) is 5.79. The first-order chi connectivity index (χ1) is 18.0. The Labute approximate surface area is 208 Å². The van der Waals surface area contributed by atoms with E-state index in [9.17, 15) is 13.6 Å². The van der Waals surface area contributed by atoms with Gasteiger partial charge in [0.2, 0.25) is 5.91 Å². The molecule has 0 radical (unpaired) electrons. The van der Waals surface area contributed by atoms with Crippen LogP contribution in [0.15, 0.2) is 92.0 Å². The number of hydrogen-bond donors (Lipinski definition) is 1. The highest BCUT2D eigenvalue weighted by Gasteiger charge is 2.14. The third kappa shape index (κ3) is 4.45. The molecule has 0 unspecified atom stereocenters. The molecule has 0 bridgehead atoms. The molecule has 3 aromatic carbocycles. The molecule has 0 saturated carbocycles. The number of aromatic nitrogens is 7. The van der Waals surface area contributed by atoms with Gasteiger partial charge in [0.15, 0.2) is 0 Å². The first-order valence-corrected chi connectivity index (χ1v) is 11.2. The minimum Gasteiger partial charge on any atom is -0.324 e. The molecule has 11 heteroatoms. The number of fused-ring (bicyclic) bond motifs is 1. The standard InChI is InChI=1S/C26H18F2N8O/c27-18-2-4-22(23(28)10-18)17-8-19(33-26(37)13-34-15-29-14-32-34)11-21(9-17)35-16-30-24-12-20(3-5-25(24)35)36-7-1-6-31-36/h1-12,14-16H,13H2,(H,33,37). The van der Waals surface area contributed by atoms with Crippen molar-refractivity contribution in [1.82, 2.24) is 34.1 Å². The Balaban J connectivity index is 1.43. The Hall–Kier alpha value is -5.19. The van der Waals surface area contributed by atoms with Gasteiger partial charge in [-0.3, -0.25) is 9.36 Å². The minimum absolute atomic E-state index is 0.0469. The fourth-order valence-corrected chi connectivity index (χ4v) is 4.13. The molecular formula is C26H18F2N8O. The van der Waals surface area contributed by atoms with Gasteiger partial charge in [0, 0.05) is 35.4 Å². The summed E-state index contributed by atoms with van der Waals surface area (Å²) in [7, 11) is 0. The van der Waals surface area contributed by atoms with Crippen LogP contribution in [0.3, 0.4) is 0 Å². The highest BCUT2D eigenvalue weighted by molar-refractivity contribution is 5.92. The van der Waals surface area contributed by atoms with Gasteiger partial charge in [-0.25, -0.2) is 28.1 Å². The second-order valence-electron chi connectivity index (χ2n) is 8.27. The molecule has 0 aliphatic rings. The van der Waals surface area contributed by atoms with E-state index < -0.39 is 11.6 Å². The van der Waals surface area contributed by atoms with Crippen LogP contribution in [0.4, 0.5) is 14.5 Å². The van der Waals surface area contributed by atoms with Crippen molar-refractivity contribution < 1.29 is 13.6 Å². The average Bonchev–Trinajstić information content (AvgIpc) is 3.65. The summed E-state index contributed by atoms with van der Waals surface area (Å²) < 4.78 is 33.3. The van der Waals surface area contributed by atoms with Gasteiger partial charge >= 0.3 is 0 Å². The molecule has 1 N–H and O–H groups in total. The molecule has 1 amide bonds. The lowest BCUT2D eigenvalue weighted by atomic mass is 10.0. The van der Waals surface area contributed by atoms with Crippen LogP contribution >= 0.6 is 0 Å². The molecular weight excluding hydrogens is 478 g/mol. The zero-order valence-electron chi connectivity index (χ0n) is 19.2. The lowest BCUT2D eigenvalue weighted by molar-refractivity contribution is -0.116. The van der Waals surface area contributed by atoms with Crippen molar-refractivity contribution in [1.29, 1.82) is 0 Å². The number of imidazole rings is 1. The van der Waals surface area contributed by atoms with Crippen LogP contribution in [0, 0.1) is 11.6 Å². The van der Waals surface area contributed by atoms with Gasteiger partial charge in [-0.1, -0.05) is 0 Å². The number of anilines is 1. The van der Waals surface area contributed by atoms with Crippen molar-refractivity contribution in [3.8, 4) is 22.5 Å². The highest BCUT2D eigenvalue weighted by atomic mass is 19.1. The van der Waals surface area contributed by atoms with E-state index in [4.69, 9.17) is 0 Å². The van der Waals surface area contributed by atoms with Crippen LogP contribution in [0.5, 0.6) is 0 Å². The number of nitrogens with zero attached hydrogens (tertiary/aromatic N) is 7. The topological polar surface area (TPSA) is 95.5 Å². The lowest BCUT2D eigenvalue weighted by Gasteiger charge is -2.13. The van der Waals surface area contributed by atoms with Crippen molar-refractivity contribution in [2.75, 3.05) is 5.32 Å². The Morgan fingerprint density at radius 2 is 1.86 bits per heavy atom. The molecule has 0 aliphatic carbocycles. The number of nitrogens with one attached hydrogen (secondary N) is 1. The van der Waals surface area contributed by atoms with Gasteiger partial charge < -0.3 is 5.32 Å². The van der Waals surface area contributed by atoms with Gasteiger partial charge in [0.05, 0.1) is 16.7 Å². The Kier molecular flexibility index (Phi) is 5.49. The second kappa shape index (κ2) is 9.11. The fourth-order valence-electron chi connectivity index (χ4n) is 4.13. The van der Waals surface area contributed by atoms with Gasteiger partial charge in [0.25, 0.3) is 0 Å². The van der Waals surface area contributed by atoms with Gasteiger partial charge in [0.1, 0.15) is 37.2 Å². The Morgan fingerprint density at radius 3 is 2.65 bits per heavy atom. The molecule has 6 rings (SSSR count). The first kappa shape index (κ1) is 22.3. The number of halogens is 2. The molecule has 182 valence electrons. The maximum atomic E-state index is 14.7. The average molecular weight is 496 g/mol. The predicted octanol–water partition coefficient (Wildman–Crippen LogP) is 4.39. The van der Waals surface area contributed by atoms with E-state index in [1.807, 2.05) is 35.0 Å². The van der Waals surface area contributed by atoms with Crippen LogP contribution in [0.25, 0.3) is 33.5 Å². The number of benzene rings is 3. The molecule has 0 spiro atoms. The summed E-state index contributed by atoms with van der Waals surface area (Å²) in [5.74, 6) is -1.73. The summed E-state index contributed by atoms with van der Waals surface area (Å²) in [5, 5.41) is 11.0. The van der Waals surface area contributed by atoms with Crippen LogP contribution < -0.4 is 5.32 Å². The molecule has 37 heavy (non-hydrogen) atoms. The highest BCUT2D eigenvalue weighted by Crippen LogP contribution is 2.31. The Morgan fingerprint density at radius 1 is 0.946 bits per heavy atom. The first-order valence-electron chi connectivity index (χ1n) is 11.2. The van der Waals surface area contributed by atoms with E-state index in [0.717, 1.165) is 22.8 Å². The normalized spacial score (nSPS) is 11.2. The van der Waals surface area contributed by atoms with Crippen molar-refractivity contribution in [2.24, 2.45) is 0 Å². The molecule has 0 aliphatic heterocycles. The molecule has 6 aromatic rings. The van der Waals surface area contributed by atoms with E-state index in [0.29, 0.717) is 16.9 Å². The van der Waals surface area contributed by atoms with Crippen molar-refractivity contribution in [3.63, 3.8) is 0 Å². The lowest BCUT2D eigenvalue weighted by Crippen LogP contribution is -2.19. The summed E-state index contributed by atoms with van der Waals surface area (Å²) in [5.41, 5.74) is 4.09. The van der Waals surface area contributed by atoms with Crippen molar-refractivity contribution >= 4 is 22.6 Å². The van der Waals surface area contributed by atoms with E-state index in [1.165, 1.54) is 29.5 Å². The molecule has 0 atom stereocenters. The minimum atomic E-state index is -0.712. The van der Waals surface area contributed by atoms with Crippen LogP contribution in [-0.2, 0) is 11.3 Å². The molecule has 3 aromatic heterocycles. The maximum absolute atomic E-state index is 14.7. The number of hydrogen-bond acceptors (Lipinski definition) is 5. The van der Waals surface area contributed by atoms with Crippen LogP contribution in [0.2, 0.25) is 0 Å². The molecule has 3 heterocycles. The summed E-state index contributed by atoms with van der Waals surface area (Å²) in [4.78, 5) is 21.0. The van der Waals surface area contributed by atoms with Gasteiger partial charge in [-0.2, -0.15) is 10.2 Å². The zero-order valence-corrected chi connectivity index (χ0v) is 19.2. The monoisotopic (exact) mass is 496 g/mol. The smallest absolute Gasteiger partial charge is 0.246 e. The van der Waals surface area contributed by atoms with E-state index in [-0.39, 0.29) is 18.0 Å². The van der Waals surface area contributed by atoms with Crippen LogP contribution in [0.1, 0.15) is 0 Å². The molecule has 9 nitrogen and oxygen atoms in total. The number of rotatable bonds is 6. The largest absolute Gasteiger partial charge is 0.324 e. The summed E-state index contributed by atoms with van der Waals surface area (Å²) >= 11 is 0. The second-order valence-corrected chi connectivity index (χ2v) is 8.27. The predicted molar refractivity (Wildman–Crippen MR) is 132 cm³/mol. The third-order valence-corrected chi connectivity index (χ3v) is 5.79.